The molecule has 1 saturated heterocycles. The minimum absolute atomic E-state index is 0.0854. The van der Waals surface area contributed by atoms with Crippen molar-refractivity contribution in [1.82, 2.24) is 14.8 Å². The summed E-state index contributed by atoms with van der Waals surface area (Å²) in [6, 6.07) is 16.0. The number of carbonyl (C=O) groups is 1. The van der Waals surface area contributed by atoms with E-state index in [1.165, 1.54) is 16.9 Å². The molecule has 5 rings (SSSR count). The average Bonchev–Trinajstić information content (AvgIpc) is 3.40. The third-order valence-corrected chi connectivity index (χ3v) is 6.44. The summed E-state index contributed by atoms with van der Waals surface area (Å²) in [6.07, 6.45) is 0. The van der Waals surface area contributed by atoms with Gasteiger partial charge in [0.2, 0.25) is 6.79 Å². The monoisotopic (exact) mass is 421 g/mol. The first-order valence-electron chi connectivity index (χ1n) is 10.1. The second-order valence-electron chi connectivity index (χ2n) is 7.53. The molecule has 3 heterocycles. The van der Waals surface area contributed by atoms with Crippen LogP contribution >= 0.6 is 11.3 Å². The van der Waals surface area contributed by atoms with Crippen molar-refractivity contribution < 1.29 is 14.3 Å². The van der Waals surface area contributed by atoms with Gasteiger partial charge < -0.3 is 14.4 Å². The van der Waals surface area contributed by atoms with E-state index in [1.54, 1.807) is 0 Å². The van der Waals surface area contributed by atoms with Gasteiger partial charge in [0.15, 0.2) is 11.5 Å². The van der Waals surface area contributed by atoms with E-state index in [4.69, 9.17) is 9.47 Å². The van der Waals surface area contributed by atoms with Gasteiger partial charge in [-0.15, -0.1) is 11.3 Å². The summed E-state index contributed by atoms with van der Waals surface area (Å²) in [5, 5.41) is 0.915. The quantitative estimate of drug-likeness (QED) is 0.641. The van der Waals surface area contributed by atoms with E-state index >= 15 is 0 Å². The number of fused-ring (bicyclic) bond motifs is 1. The third kappa shape index (κ3) is 3.78. The van der Waals surface area contributed by atoms with Gasteiger partial charge in [0.25, 0.3) is 5.91 Å². The zero-order valence-electron chi connectivity index (χ0n) is 16.8. The van der Waals surface area contributed by atoms with E-state index in [0.717, 1.165) is 52.3 Å². The van der Waals surface area contributed by atoms with Gasteiger partial charge in [-0.25, -0.2) is 4.98 Å². The molecule has 3 aromatic rings. The number of aromatic nitrogens is 1. The highest BCUT2D eigenvalue weighted by Gasteiger charge is 2.27. The highest BCUT2D eigenvalue weighted by atomic mass is 32.1. The minimum Gasteiger partial charge on any atom is -0.454 e. The van der Waals surface area contributed by atoms with Crippen LogP contribution in [0.4, 0.5) is 0 Å². The molecule has 1 amide bonds. The molecule has 0 spiro atoms. The Morgan fingerprint density at radius 1 is 1.03 bits per heavy atom. The Morgan fingerprint density at radius 2 is 1.80 bits per heavy atom. The molecule has 154 valence electrons. The highest BCUT2D eigenvalue weighted by molar-refractivity contribution is 7.14. The summed E-state index contributed by atoms with van der Waals surface area (Å²) in [5.41, 5.74) is 2.99. The van der Waals surface area contributed by atoms with E-state index in [9.17, 15) is 4.79 Å². The van der Waals surface area contributed by atoms with Gasteiger partial charge in [0.05, 0.1) is 10.7 Å². The van der Waals surface area contributed by atoms with Crippen LogP contribution in [-0.2, 0) is 6.54 Å². The zero-order chi connectivity index (χ0) is 20.5. The molecule has 2 aliphatic rings. The smallest absolute Gasteiger partial charge is 0.266 e. The van der Waals surface area contributed by atoms with Gasteiger partial charge in [-0.05, 0) is 24.6 Å². The number of hydrogen-bond donors (Lipinski definition) is 0. The van der Waals surface area contributed by atoms with Crippen LogP contribution < -0.4 is 9.47 Å². The number of nitrogens with zero attached hydrogens (tertiary/aromatic N) is 3. The van der Waals surface area contributed by atoms with Crippen LogP contribution in [0.5, 0.6) is 11.5 Å². The molecule has 0 saturated carbocycles. The standard InChI is InChI=1S/C23H23N3O3S/c1-16-24-21(18-5-3-2-4-6-18)22(30-16)23(27)26-11-9-25(10-12-26)14-17-7-8-19-20(13-17)29-15-28-19/h2-8,13H,9-12,14-15H2,1H3. The Hall–Kier alpha value is -2.90. The fraction of sp³-hybridized carbons (Fsp3) is 0.304. The molecular formula is C23H23N3O3S. The maximum absolute atomic E-state index is 13.2. The van der Waals surface area contributed by atoms with Gasteiger partial charge in [-0.3, -0.25) is 9.69 Å². The van der Waals surface area contributed by atoms with Crippen LogP contribution in [0, 0.1) is 6.92 Å². The maximum Gasteiger partial charge on any atom is 0.266 e. The molecule has 6 nitrogen and oxygen atoms in total. The van der Waals surface area contributed by atoms with Gasteiger partial charge >= 0.3 is 0 Å². The molecule has 1 fully saturated rings. The van der Waals surface area contributed by atoms with Crippen LogP contribution in [0.1, 0.15) is 20.2 Å². The fourth-order valence-electron chi connectivity index (χ4n) is 3.91. The van der Waals surface area contributed by atoms with E-state index < -0.39 is 0 Å². The molecule has 0 unspecified atom stereocenters. The van der Waals surface area contributed by atoms with Gasteiger partial charge in [-0.1, -0.05) is 36.4 Å². The van der Waals surface area contributed by atoms with Gasteiger partial charge in [-0.2, -0.15) is 0 Å². The lowest BCUT2D eigenvalue weighted by Crippen LogP contribution is -2.48. The Morgan fingerprint density at radius 3 is 2.60 bits per heavy atom. The van der Waals surface area contributed by atoms with Crippen molar-refractivity contribution in [2.75, 3.05) is 33.0 Å². The van der Waals surface area contributed by atoms with Crippen molar-refractivity contribution in [3.05, 3.63) is 64.0 Å². The van der Waals surface area contributed by atoms with Crippen LogP contribution in [0.25, 0.3) is 11.3 Å². The summed E-state index contributed by atoms with van der Waals surface area (Å²) in [7, 11) is 0. The van der Waals surface area contributed by atoms with Crippen LogP contribution in [0.15, 0.2) is 48.5 Å². The lowest BCUT2D eigenvalue weighted by molar-refractivity contribution is 0.0633. The minimum atomic E-state index is 0.0854. The van der Waals surface area contributed by atoms with Gasteiger partial charge in [0, 0.05) is 38.3 Å². The Bertz CT molecular complexity index is 1060. The summed E-state index contributed by atoms with van der Waals surface area (Å²) in [4.78, 5) is 22.9. The number of aryl methyl sites for hydroxylation is 1. The largest absolute Gasteiger partial charge is 0.454 e. The van der Waals surface area contributed by atoms with Crippen molar-refractivity contribution in [2.24, 2.45) is 0 Å². The predicted octanol–water partition coefficient (Wildman–Crippen LogP) is 3.81. The van der Waals surface area contributed by atoms with Crippen LogP contribution in [0.3, 0.4) is 0 Å². The maximum atomic E-state index is 13.2. The molecule has 0 N–H and O–H groups in total. The summed E-state index contributed by atoms with van der Waals surface area (Å²) >= 11 is 1.48. The van der Waals surface area contributed by atoms with E-state index in [1.807, 2.05) is 54.3 Å². The number of carbonyl (C=O) groups excluding carboxylic acids is 1. The van der Waals surface area contributed by atoms with Crippen molar-refractivity contribution >= 4 is 17.2 Å². The summed E-state index contributed by atoms with van der Waals surface area (Å²) in [6.45, 7) is 6.22. The first-order valence-corrected chi connectivity index (χ1v) is 10.9. The normalized spacial score (nSPS) is 16.1. The summed E-state index contributed by atoms with van der Waals surface area (Å²) < 4.78 is 10.9. The summed E-state index contributed by atoms with van der Waals surface area (Å²) in [5.74, 6) is 1.71. The first kappa shape index (κ1) is 19.1. The molecule has 0 radical (unpaired) electrons. The second-order valence-corrected chi connectivity index (χ2v) is 8.74. The molecule has 2 aromatic carbocycles. The number of ether oxygens (including phenoxy) is 2. The lowest BCUT2D eigenvalue weighted by Gasteiger charge is -2.34. The molecule has 2 aliphatic heterocycles. The number of piperazine rings is 1. The van der Waals surface area contributed by atoms with Crippen molar-refractivity contribution in [2.45, 2.75) is 13.5 Å². The highest BCUT2D eigenvalue weighted by Crippen LogP contribution is 2.33. The zero-order valence-corrected chi connectivity index (χ0v) is 17.7. The number of hydrogen-bond acceptors (Lipinski definition) is 6. The van der Waals surface area contributed by atoms with Crippen LogP contribution in [0.2, 0.25) is 0 Å². The topological polar surface area (TPSA) is 54.9 Å². The van der Waals surface area contributed by atoms with Crippen molar-refractivity contribution in [3.8, 4) is 22.8 Å². The first-order chi connectivity index (χ1) is 14.7. The molecule has 0 bridgehead atoms. The molecule has 0 atom stereocenters. The Kier molecular flexibility index (Phi) is 5.14. The fourth-order valence-corrected chi connectivity index (χ4v) is 4.82. The SMILES string of the molecule is Cc1nc(-c2ccccc2)c(C(=O)N2CCN(Cc3ccc4c(c3)OCO4)CC2)s1. The Balaban J connectivity index is 1.24. The van der Waals surface area contributed by atoms with Crippen molar-refractivity contribution in [3.63, 3.8) is 0 Å². The average molecular weight is 422 g/mol. The molecular weight excluding hydrogens is 398 g/mol. The van der Waals surface area contributed by atoms with Gasteiger partial charge in [0.1, 0.15) is 4.88 Å². The molecule has 1 aromatic heterocycles. The van der Waals surface area contributed by atoms with E-state index in [0.29, 0.717) is 19.9 Å². The number of rotatable bonds is 4. The Labute approximate surface area is 179 Å². The predicted molar refractivity (Wildman–Crippen MR) is 116 cm³/mol. The van der Waals surface area contributed by atoms with E-state index in [2.05, 4.69) is 16.0 Å². The number of amides is 1. The third-order valence-electron chi connectivity index (χ3n) is 5.48. The molecule has 0 aliphatic carbocycles. The lowest BCUT2D eigenvalue weighted by atomic mass is 10.1. The second kappa shape index (κ2) is 8.08. The van der Waals surface area contributed by atoms with Crippen molar-refractivity contribution in [1.29, 1.82) is 0 Å². The van der Waals surface area contributed by atoms with E-state index in [-0.39, 0.29) is 5.91 Å². The number of benzene rings is 2. The van der Waals surface area contributed by atoms with Crippen LogP contribution in [-0.4, -0.2) is 53.7 Å². The number of thiazole rings is 1. The molecule has 30 heavy (non-hydrogen) atoms. The molecule has 7 heteroatoms.